The van der Waals surface area contributed by atoms with Gasteiger partial charge in [0.15, 0.2) is 0 Å². The van der Waals surface area contributed by atoms with Gasteiger partial charge in [-0.2, -0.15) is 0 Å². The van der Waals surface area contributed by atoms with Crippen LogP contribution in [0.5, 0.6) is 0 Å². The van der Waals surface area contributed by atoms with E-state index in [1.165, 1.54) is 22.8 Å². The maximum Gasteiger partial charge on any atom is 0.248 e. The second-order valence-corrected chi connectivity index (χ2v) is 7.97. The summed E-state index contributed by atoms with van der Waals surface area (Å²) in [6, 6.07) is 23.7. The molecule has 1 saturated carbocycles. The molecule has 3 nitrogen and oxygen atoms in total. The standard InChI is InChI=1S/C25H28N2O/c1-17(21-15-7-9-18-8-2-3-12-22(18)21)27-20-11-6-10-19(16-20)23-13-4-5-14-24(23)25(26)28/h2-5,7-9,12-15,17,19-20,27H,6,10-11,16H2,1H3,(H2,26,28)/t17-,19?,20?/m1/s1. The highest BCUT2D eigenvalue weighted by Gasteiger charge is 2.27. The summed E-state index contributed by atoms with van der Waals surface area (Å²) in [5.41, 5.74) is 8.74. The van der Waals surface area contributed by atoms with Gasteiger partial charge in [0.25, 0.3) is 0 Å². The SMILES string of the molecule is C[C@@H](NC1CCCC(c2ccccc2C(N)=O)C1)c1cccc2ccccc12. The van der Waals surface area contributed by atoms with E-state index in [0.29, 0.717) is 17.5 Å². The molecule has 1 amide bonds. The number of amides is 1. The summed E-state index contributed by atoms with van der Waals surface area (Å²) in [6.45, 7) is 2.25. The lowest BCUT2D eigenvalue weighted by Gasteiger charge is -2.33. The minimum absolute atomic E-state index is 0.279. The molecule has 144 valence electrons. The van der Waals surface area contributed by atoms with E-state index < -0.39 is 0 Å². The van der Waals surface area contributed by atoms with Crippen molar-refractivity contribution in [2.45, 2.75) is 50.6 Å². The molecule has 0 spiro atoms. The first-order valence-electron chi connectivity index (χ1n) is 10.3. The third-order valence-electron chi connectivity index (χ3n) is 6.12. The highest BCUT2D eigenvalue weighted by Crippen LogP contribution is 2.36. The van der Waals surface area contributed by atoms with Crippen molar-refractivity contribution in [3.05, 3.63) is 83.4 Å². The fraction of sp³-hybridized carbons (Fsp3) is 0.320. The van der Waals surface area contributed by atoms with Crippen LogP contribution in [-0.2, 0) is 0 Å². The summed E-state index contributed by atoms with van der Waals surface area (Å²) in [5.74, 6) is 0.0597. The number of rotatable bonds is 5. The molecule has 0 aromatic heterocycles. The van der Waals surface area contributed by atoms with Crippen LogP contribution in [0.3, 0.4) is 0 Å². The van der Waals surface area contributed by atoms with Crippen LogP contribution in [0.25, 0.3) is 10.8 Å². The molecule has 0 radical (unpaired) electrons. The Bertz CT molecular complexity index is 976. The molecule has 3 heteroatoms. The zero-order chi connectivity index (χ0) is 19.5. The molecule has 3 atom stereocenters. The summed E-state index contributed by atoms with van der Waals surface area (Å²) in [5, 5.41) is 6.46. The number of carbonyl (C=O) groups excluding carboxylic acids is 1. The van der Waals surface area contributed by atoms with Gasteiger partial charge in [0.1, 0.15) is 0 Å². The molecule has 1 aliphatic carbocycles. The molecule has 0 aliphatic heterocycles. The summed E-state index contributed by atoms with van der Waals surface area (Å²) in [4.78, 5) is 11.8. The van der Waals surface area contributed by atoms with E-state index in [9.17, 15) is 4.79 Å². The molecule has 0 bridgehead atoms. The molecule has 1 aliphatic rings. The second-order valence-electron chi connectivity index (χ2n) is 7.97. The van der Waals surface area contributed by atoms with E-state index in [0.717, 1.165) is 24.8 Å². The predicted molar refractivity (Wildman–Crippen MR) is 115 cm³/mol. The third kappa shape index (κ3) is 3.81. The Kier molecular flexibility index (Phi) is 5.45. The number of hydrogen-bond acceptors (Lipinski definition) is 2. The van der Waals surface area contributed by atoms with Gasteiger partial charge in [-0.25, -0.2) is 0 Å². The van der Waals surface area contributed by atoms with E-state index >= 15 is 0 Å². The highest BCUT2D eigenvalue weighted by atomic mass is 16.1. The monoisotopic (exact) mass is 372 g/mol. The Hall–Kier alpha value is -2.65. The van der Waals surface area contributed by atoms with Crippen LogP contribution in [0.4, 0.5) is 0 Å². The first kappa shape index (κ1) is 18.7. The lowest BCUT2D eigenvalue weighted by atomic mass is 9.79. The Labute approximate surface area is 167 Å². The first-order valence-corrected chi connectivity index (χ1v) is 10.3. The van der Waals surface area contributed by atoms with Crippen LogP contribution in [0, 0.1) is 0 Å². The summed E-state index contributed by atoms with van der Waals surface area (Å²) in [6.07, 6.45) is 4.49. The lowest BCUT2D eigenvalue weighted by Crippen LogP contribution is -2.35. The molecule has 3 aromatic rings. The van der Waals surface area contributed by atoms with E-state index in [1.807, 2.05) is 18.2 Å². The molecular weight excluding hydrogens is 344 g/mol. The minimum Gasteiger partial charge on any atom is -0.366 e. The van der Waals surface area contributed by atoms with Crippen molar-refractivity contribution in [1.82, 2.24) is 5.32 Å². The predicted octanol–water partition coefficient (Wildman–Crippen LogP) is 5.32. The summed E-state index contributed by atoms with van der Waals surface area (Å²) >= 11 is 0. The third-order valence-corrected chi connectivity index (χ3v) is 6.12. The zero-order valence-electron chi connectivity index (χ0n) is 16.4. The number of nitrogens with one attached hydrogen (secondary N) is 1. The van der Waals surface area contributed by atoms with Gasteiger partial charge in [0.2, 0.25) is 5.91 Å². The van der Waals surface area contributed by atoms with E-state index in [1.54, 1.807) is 0 Å². The fourth-order valence-electron chi connectivity index (χ4n) is 4.77. The second kappa shape index (κ2) is 8.15. The maximum atomic E-state index is 11.8. The van der Waals surface area contributed by atoms with Crippen LogP contribution in [0.2, 0.25) is 0 Å². The molecule has 3 N–H and O–H groups in total. The largest absolute Gasteiger partial charge is 0.366 e. The van der Waals surface area contributed by atoms with Crippen LogP contribution >= 0.6 is 0 Å². The molecule has 0 saturated heterocycles. The number of carbonyl (C=O) groups is 1. The molecule has 2 unspecified atom stereocenters. The lowest BCUT2D eigenvalue weighted by molar-refractivity contribution is 0.0998. The number of fused-ring (bicyclic) bond motifs is 1. The fourth-order valence-corrected chi connectivity index (χ4v) is 4.77. The van der Waals surface area contributed by atoms with Gasteiger partial charge in [0.05, 0.1) is 0 Å². The minimum atomic E-state index is -0.324. The van der Waals surface area contributed by atoms with Crippen molar-refractivity contribution >= 4 is 16.7 Å². The molecule has 0 heterocycles. The summed E-state index contributed by atoms with van der Waals surface area (Å²) in [7, 11) is 0. The number of benzene rings is 3. The molecule has 28 heavy (non-hydrogen) atoms. The number of primary amides is 1. The first-order chi connectivity index (χ1) is 13.6. The average Bonchev–Trinajstić information content (AvgIpc) is 2.73. The van der Waals surface area contributed by atoms with Crippen molar-refractivity contribution in [3.8, 4) is 0 Å². The van der Waals surface area contributed by atoms with E-state index in [2.05, 4.69) is 60.8 Å². The average molecular weight is 373 g/mol. The molecule has 3 aromatic carbocycles. The van der Waals surface area contributed by atoms with Gasteiger partial charge in [-0.05, 0) is 60.1 Å². The quantitative estimate of drug-likeness (QED) is 0.637. The number of hydrogen-bond donors (Lipinski definition) is 2. The maximum absolute atomic E-state index is 11.8. The smallest absolute Gasteiger partial charge is 0.248 e. The summed E-state index contributed by atoms with van der Waals surface area (Å²) < 4.78 is 0. The van der Waals surface area contributed by atoms with Gasteiger partial charge in [0, 0.05) is 17.6 Å². The van der Waals surface area contributed by atoms with Crippen LogP contribution in [0.1, 0.15) is 66.1 Å². The van der Waals surface area contributed by atoms with Crippen molar-refractivity contribution in [3.63, 3.8) is 0 Å². The van der Waals surface area contributed by atoms with E-state index in [-0.39, 0.29) is 11.9 Å². The van der Waals surface area contributed by atoms with Gasteiger partial charge in [-0.1, -0.05) is 67.1 Å². The van der Waals surface area contributed by atoms with Crippen molar-refractivity contribution in [2.24, 2.45) is 5.73 Å². The topological polar surface area (TPSA) is 55.1 Å². The van der Waals surface area contributed by atoms with Gasteiger partial charge >= 0.3 is 0 Å². The Morgan fingerprint density at radius 1 is 1.00 bits per heavy atom. The van der Waals surface area contributed by atoms with Crippen molar-refractivity contribution < 1.29 is 4.79 Å². The van der Waals surface area contributed by atoms with Crippen LogP contribution in [-0.4, -0.2) is 11.9 Å². The van der Waals surface area contributed by atoms with Gasteiger partial charge in [-0.15, -0.1) is 0 Å². The molecule has 1 fully saturated rings. The zero-order valence-corrected chi connectivity index (χ0v) is 16.4. The number of nitrogens with two attached hydrogens (primary N) is 1. The van der Waals surface area contributed by atoms with E-state index in [4.69, 9.17) is 5.73 Å². The normalized spacial score (nSPS) is 20.8. The Morgan fingerprint density at radius 3 is 2.61 bits per heavy atom. The Balaban J connectivity index is 1.52. The molecular formula is C25H28N2O. The van der Waals surface area contributed by atoms with Crippen LogP contribution in [0.15, 0.2) is 66.7 Å². The highest BCUT2D eigenvalue weighted by molar-refractivity contribution is 5.94. The van der Waals surface area contributed by atoms with Gasteiger partial charge in [-0.3, -0.25) is 4.79 Å². The van der Waals surface area contributed by atoms with Crippen molar-refractivity contribution in [1.29, 1.82) is 0 Å². The van der Waals surface area contributed by atoms with Gasteiger partial charge < -0.3 is 11.1 Å². The Morgan fingerprint density at radius 2 is 1.75 bits per heavy atom. The molecule has 4 rings (SSSR count). The van der Waals surface area contributed by atoms with Crippen molar-refractivity contribution in [2.75, 3.05) is 0 Å². The van der Waals surface area contributed by atoms with Crippen LogP contribution < -0.4 is 11.1 Å².